The molecule has 0 saturated carbocycles. The van der Waals surface area contributed by atoms with Gasteiger partial charge in [0, 0.05) is 44.7 Å². The van der Waals surface area contributed by atoms with Crippen LogP contribution in [-0.2, 0) is 20.0 Å². The Kier molecular flexibility index (Phi) is 3.47. The predicted molar refractivity (Wildman–Crippen MR) is 97.5 cm³/mol. The molecule has 1 fully saturated rings. The minimum atomic E-state index is -0.240. The van der Waals surface area contributed by atoms with E-state index in [4.69, 9.17) is 0 Å². The number of carbonyl (C=O) groups excluding carboxylic acids is 1. The van der Waals surface area contributed by atoms with Gasteiger partial charge in [0.15, 0.2) is 0 Å². The van der Waals surface area contributed by atoms with E-state index >= 15 is 0 Å². The molecule has 1 saturated heterocycles. The minimum Gasteiger partial charge on any atom is -0.337 e. The normalized spacial score (nSPS) is 21.2. The second-order valence-corrected chi connectivity index (χ2v) is 7.68. The summed E-state index contributed by atoms with van der Waals surface area (Å²) in [6.45, 7) is 2.29. The van der Waals surface area contributed by atoms with E-state index in [0.29, 0.717) is 12.2 Å². The van der Waals surface area contributed by atoms with Crippen LogP contribution in [0.4, 0.5) is 4.39 Å². The van der Waals surface area contributed by atoms with Crippen LogP contribution in [0.2, 0.25) is 0 Å². The van der Waals surface area contributed by atoms with E-state index in [-0.39, 0.29) is 17.1 Å². The molecule has 1 spiro atoms. The first kappa shape index (κ1) is 16.2. The van der Waals surface area contributed by atoms with Gasteiger partial charge in [-0.2, -0.15) is 5.10 Å². The number of benzene rings is 1. The SMILES string of the molecule is Cn1ccc(C(=O)N2CCC3(Cc4ncc(-c5ccc(F)cc5)n4C3)C2)n1. The molecule has 0 N–H and O–H groups in total. The minimum absolute atomic E-state index is 0.00391. The Hall–Kier alpha value is -2.96. The van der Waals surface area contributed by atoms with Gasteiger partial charge in [0.2, 0.25) is 0 Å². The van der Waals surface area contributed by atoms with Crippen molar-refractivity contribution in [2.24, 2.45) is 12.5 Å². The molecule has 6 nitrogen and oxygen atoms in total. The van der Waals surface area contributed by atoms with Gasteiger partial charge < -0.3 is 9.47 Å². The van der Waals surface area contributed by atoms with E-state index in [9.17, 15) is 9.18 Å². The zero-order valence-corrected chi connectivity index (χ0v) is 15.1. The van der Waals surface area contributed by atoms with E-state index < -0.39 is 0 Å². The van der Waals surface area contributed by atoms with E-state index in [1.807, 2.05) is 18.1 Å². The average Bonchev–Trinajstić information content (AvgIpc) is 3.41. The first-order chi connectivity index (χ1) is 13.0. The highest BCUT2D eigenvalue weighted by molar-refractivity contribution is 5.92. The van der Waals surface area contributed by atoms with Crippen LogP contribution < -0.4 is 0 Å². The number of carbonyl (C=O) groups is 1. The molecule has 0 radical (unpaired) electrons. The number of likely N-dealkylation sites (tertiary alicyclic amines) is 1. The van der Waals surface area contributed by atoms with Gasteiger partial charge in [0.1, 0.15) is 17.3 Å². The van der Waals surface area contributed by atoms with Crippen LogP contribution in [0, 0.1) is 11.2 Å². The molecule has 138 valence electrons. The Labute approximate surface area is 156 Å². The van der Waals surface area contributed by atoms with E-state index in [1.165, 1.54) is 12.1 Å². The topological polar surface area (TPSA) is 56.0 Å². The largest absolute Gasteiger partial charge is 0.337 e. The third-order valence-corrected chi connectivity index (χ3v) is 5.76. The van der Waals surface area contributed by atoms with Gasteiger partial charge >= 0.3 is 0 Å². The van der Waals surface area contributed by atoms with Gasteiger partial charge in [0.05, 0.1) is 11.9 Å². The monoisotopic (exact) mass is 365 g/mol. The fourth-order valence-corrected chi connectivity index (χ4v) is 4.38. The van der Waals surface area contributed by atoms with Gasteiger partial charge in [0.25, 0.3) is 5.91 Å². The Morgan fingerprint density at radius 2 is 2.00 bits per heavy atom. The van der Waals surface area contributed by atoms with Crippen LogP contribution in [0.1, 0.15) is 22.7 Å². The highest BCUT2D eigenvalue weighted by Gasteiger charge is 2.46. The van der Waals surface area contributed by atoms with Crippen molar-refractivity contribution in [2.45, 2.75) is 19.4 Å². The zero-order chi connectivity index (χ0) is 18.6. The van der Waals surface area contributed by atoms with E-state index in [0.717, 1.165) is 43.0 Å². The number of aromatic nitrogens is 4. The third kappa shape index (κ3) is 2.65. The Morgan fingerprint density at radius 1 is 1.19 bits per heavy atom. The van der Waals surface area contributed by atoms with Crippen LogP contribution >= 0.6 is 0 Å². The van der Waals surface area contributed by atoms with Gasteiger partial charge in [-0.25, -0.2) is 9.37 Å². The Balaban J connectivity index is 1.37. The number of imidazole rings is 1. The summed E-state index contributed by atoms with van der Waals surface area (Å²) in [5.74, 6) is 0.799. The van der Waals surface area contributed by atoms with E-state index in [1.54, 1.807) is 29.1 Å². The second kappa shape index (κ2) is 5.77. The quantitative estimate of drug-likeness (QED) is 0.701. The fourth-order valence-electron chi connectivity index (χ4n) is 4.38. The van der Waals surface area contributed by atoms with Crippen LogP contribution in [0.3, 0.4) is 0 Å². The molecule has 1 atom stereocenters. The number of amides is 1. The summed E-state index contributed by atoms with van der Waals surface area (Å²) in [5.41, 5.74) is 2.50. The van der Waals surface area contributed by atoms with Crippen molar-refractivity contribution in [3.05, 3.63) is 60.1 Å². The lowest BCUT2D eigenvalue weighted by molar-refractivity contribution is 0.0765. The van der Waals surface area contributed by atoms with Crippen LogP contribution in [0.15, 0.2) is 42.7 Å². The lowest BCUT2D eigenvalue weighted by Gasteiger charge is -2.23. The standard InChI is InChI=1S/C20H20FN5O/c1-24-8-6-16(23-24)19(27)25-9-7-20(12-25)10-18-22-11-17(26(18)13-20)14-2-4-15(21)5-3-14/h2-6,8,11H,7,9-10,12-13H2,1H3. The molecule has 2 aliphatic rings. The van der Waals surface area contributed by atoms with E-state index in [2.05, 4.69) is 14.6 Å². The average molecular weight is 365 g/mol. The molecule has 27 heavy (non-hydrogen) atoms. The maximum Gasteiger partial charge on any atom is 0.274 e. The summed E-state index contributed by atoms with van der Waals surface area (Å²) in [6.07, 6.45) is 5.47. The van der Waals surface area contributed by atoms with Crippen molar-refractivity contribution in [1.82, 2.24) is 24.2 Å². The molecule has 1 unspecified atom stereocenters. The van der Waals surface area contributed by atoms with Crippen LogP contribution in [0.25, 0.3) is 11.3 Å². The summed E-state index contributed by atoms with van der Waals surface area (Å²) in [7, 11) is 1.81. The molecule has 2 aromatic heterocycles. The third-order valence-electron chi connectivity index (χ3n) is 5.76. The highest BCUT2D eigenvalue weighted by atomic mass is 19.1. The molecule has 5 rings (SSSR count). The van der Waals surface area contributed by atoms with Gasteiger partial charge in [-0.1, -0.05) is 0 Å². The van der Waals surface area contributed by atoms with Crippen LogP contribution in [-0.4, -0.2) is 43.2 Å². The van der Waals surface area contributed by atoms with Crippen molar-refractivity contribution < 1.29 is 9.18 Å². The summed E-state index contributed by atoms with van der Waals surface area (Å²) in [6, 6.07) is 8.29. The molecule has 1 aromatic carbocycles. The Morgan fingerprint density at radius 3 is 2.74 bits per heavy atom. The number of fused-ring (bicyclic) bond motifs is 1. The molecule has 3 aromatic rings. The molecule has 2 aliphatic heterocycles. The van der Waals surface area contributed by atoms with Crippen molar-refractivity contribution in [1.29, 1.82) is 0 Å². The smallest absolute Gasteiger partial charge is 0.274 e. The Bertz CT molecular complexity index is 1020. The number of hydrogen-bond donors (Lipinski definition) is 0. The van der Waals surface area contributed by atoms with Crippen LogP contribution in [0.5, 0.6) is 0 Å². The zero-order valence-electron chi connectivity index (χ0n) is 15.1. The molecule has 1 amide bonds. The summed E-state index contributed by atoms with van der Waals surface area (Å²) in [4.78, 5) is 19.2. The van der Waals surface area contributed by atoms with Crippen molar-refractivity contribution >= 4 is 5.91 Å². The molecule has 7 heteroatoms. The lowest BCUT2D eigenvalue weighted by Crippen LogP contribution is -2.33. The van der Waals surface area contributed by atoms with Crippen molar-refractivity contribution in [3.63, 3.8) is 0 Å². The van der Waals surface area contributed by atoms with Gasteiger partial charge in [-0.3, -0.25) is 9.48 Å². The summed E-state index contributed by atoms with van der Waals surface area (Å²) < 4.78 is 17.1. The highest BCUT2D eigenvalue weighted by Crippen LogP contribution is 2.42. The number of aryl methyl sites for hydroxylation is 1. The molecular weight excluding hydrogens is 345 g/mol. The summed E-state index contributed by atoms with van der Waals surface area (Å²) in [5, 5.41) is 4.24. The maximum absolute atomic E-state index is 13.2. The maximum atomic E-state index is 13.2. The molecular formula is C20H20FN5O. The molecule has 0 bridgehead atoms. The van der Waals surface area contributed by atoms with Crippen molar-refractivity contribution in [3.8, 4) is 11.3 Å². The molecule has 0 aliphatic carbocycles. The number of halogens is 1. The number of rotatable bonds is 2. The first-order valence-electron chi connectivity index (χ1n) is 9.12. The second-order valence-electron chi connectivity index (χ2n) is 7.68. The van der Waals surface area contributed by atoms with Crippen molar-refractivity contribution in [2.75, 3.05) is 13.1 Å². The number of hydrogen-bond acceptors (Lipinski definition) is 3. The fraction of sp³-hybridized carbons (Fsp3) is 0.350. The lowest BCUT2D eigenvalue weighted by atomic mass is 9.86. The number of nitrogens with zero attached hydrogens (tertiary/aromatic N) is 5. The van der Waals surface area contributed by atoms with Gasteiger partial charge in [-0.05, 0) is 42.3 Å². The summed E-state index contributed by atoms with van der Waals surface area (Å²) >= 11 is 0. The predicted octanol–water partition coefficient (Wildman–Crippen LogP) is 2.51. The molecule has 4 heterocycles. The first-order valence-corrected chi connectivity index (χ1v) is 9.12. The van der Waals surface area contributed by atoms with Gasteiger partial charge in [-0.15, -0.1) is 0 Å².